The molecular formula is C12H16N2O2. The molecule has 0 saturated heterocycles. The van der Waals surface area contributed by atoms with Gasteiger partial charge in [0, 0.05) is 5.56 Å². The second-order valence-corrected chi connectivity index (χ2v) is 3.34. The molecule has 0 aliphatic carbocycles. The van der Waals surface area contributed by atoms with Crippen molar-refractivity contribution in [2.45, 2.75) is 20.8 Å². The molecule has 0 heterocycles. The van der Waals surface area contributed by atoms with Gasteiger partial charge in [0.2, 0.25) is 0 Å². The van der Waals surface area contributed by atoms with Crippen LogP contribution >= 0.6 is 0 Å². The fourth-order valence-electron chi connectivity index (χ4n) is 1.33. The predicted molar refractivity (Wildman–Crippen MR) is 63.5 cm³/mol. The molecule has 1 aromatic rings. The van der Waals surface area contributed by atoms with Crippen molar-refractivity contribution in [1.29, 1.82) is 0 Å². The van der Waals surface area contributed by atoms with Crippen LogP contribution in [0.2, 0.25) is 0 Å². The number of carbonyl (C=O) groups excluding carboxylic acids is 1. The molecule has 16 heavy (non-hydrogen) atoms. The molecule has 1 rings (SSSR count). The van der Waals surface area contributed by atoms with E-state index in [1.807, 2.05) is 38.1 Å². The molecule has 0 aliphatic heterocycles. The number of rotatable bonds is 3. The van der Waals surface area contributed by atoms with Crippen molar-refractivity contribution < 1.29 is 9.53 Å². The normalized spacial score (nSPS) is 11.1. The fraction of sp³-hybridized carbons (Fsp3) is 0.333. The summed E-state index contributed by atoms with van der Waals surface area (Å²) < 4.78 is 4.70. The van der Waals surface area contributed by atoms with Crippen molar-refractivity contribution in [2.24, 2.45) is 5.10 Å². The molecule has 0 aromatic heterocycles. The van der Waals surface area contributed by atoms with E-state index in [1.54, 1.807) is 6.92 Å². The number of hydrazone groups is 1. The highest BCUT2D eigenvalue weighted by atomic mass is 16.5. The molecule has 0 saturated carbocycles. The quantitative estimate of drug-likeness (QED) is 0.628. The second kappa shape index (κ2) is 5.90. The first-order valence-corrected chi connectivity index (χ1v) is 5.18. The third-order valence-corrected chi connectivity index (χ3v) is 2.13. The highest BCUT2D eigenvalue weighted by Gasteiger charge is 2.02. The number of nitrogens with one attached hydrogen (secondary N) is 1. The van der Waals surface area contributed by atoms with Crippen LogP contribution in [0.3, 0.4) is 0 Å². The molecule has 1 aromatic carbocycles. The molecule has 86 valence electrons. The van der Waals surface area contributed by atoms with Gasteiger partial charge in [0.15, 0.2) is 0 Å². The summed E-state index contributed by atoms with van der Waals surface area (Å²) in [6, 6.07) is 7.86. The number of nitrogens with zero attached hydrogens (tertiary/aromatic N) is 1. The number of benzene rings is 1. The van der Waals surface area contributed by atoms with Gasteiger partial charge in [-0.3, -0.25) is 0 Å². The summed E-state index contributed by atoms with van der Waals surface area (Å²) in [6.45, 7) is 5.93. The number of aryl methyl sites for hydroxylation is 1. The highest BCUT2D eigenvalue weighted by Crippen LogP contribution is 2.07. The fourth-order valence-corrected chi connectivity index (χ4v) is 1.33. The molecule has 0 atom stereocenters. The van der Waals surface area contributed by atoms with E-state index in [9.17, 15) is 4.79 Å². The van der Waals surface area contributed by atoms with Gasteiger partial charge in [-0.15, -0.1) is 0 Å². The maximum absolute atomic E-state index is 11.0. The Balaban J connectivity index is 2.71. The molecule has 0 bridgehead atoms. The van der Waals surface area contributed by atoms with Crippen LogP contribution in [0.5, 0.6) is 0 Å². The Morgan fingerprint density at radius 2 is 2.12 bits per heavy atom. The Morgan fingerprint density at radius 1 is 1.44 bits per heavy atom. The minimum absolute atomic E-state index is 0.338. The summed E-state index contributed by atoms with van der Waals surface area (Å²) in [7, 11) is 0. The number of amides is 1. The summed E-state index contributed by atoms with van der Waals surface area (Å²) in [6.07, 6.45) is -0.532. The van der Waals surface area contributed by atoms with Crippen molar-refractivity contribution in [3.63, 3.8) is 0 Å². The first-order valence-electron chi connectivity index (χ1n) is 5.18. The van der Waals surface area contributed by atoms with E-state index in [0.29, 0.717) is 6.61 Å². The van der Waals surface area contributed by atoms with Crippen LogP contribution in [-0.4, -0.2) is 18.4 Å². The molecule has 1 N–H and O–H groups in total. The lowest BCUT2D eigenvalue weighted by Gasteiger charge is -2.05. The average molecular weight is 220 g/mol. The summed E-state index contributed by atoms with van der Waals surface area (Å²) in [5, 5.41) is 3.97. The summed E-state index contributed by atoms with van der Waals surface area (Å²) in [5.74, 6) is 0. The lowest BCUT2D eigenvalue weighted by molar-refractivity contribution is 0.152. The van der Waals surface area contributed by atoms with Crippen molar-refractivity contribution in [3.05, 3.63) is 35.4 Å². The lowest BCUT2D eigenvalue weighted by atomic mass is 10.1. The van der Waals surface area contributed by atoms with E-state index in [1.165, 1.54) is 0 Å². The molecule has 0 spiro atoms. The van der Waals surface area contributed by atoms with Crippen LogP contribution < -0.4 is 5.43 Å². The van der Waals surface area contributed by atoms with Crippen molar-refractivity contribution >= 4 is 11.8 Å². The smallest absolute Gasteiger partial charge is 0.427 e. The SMILES string of the molecule is CCOC(=O)NN=C(C)c1ccccc1C. The number of hydrogen-bond donors (Lipinski definition) is 1. The molecule has 0 radical (unpaired) electrons. The largest absolute Gasteiger partial charge is 0.449 e. The maximum atomic E-state index is 11.0. The van der Waals surface area contributed by atoms with E-state index in [4.69, 9.17) is 4.74 Å². The Kier molecular flexibility index (Phi) is 4.51. The van der Waals surface area contributed by atoms with Crippen LogP contribution in [0.1, 0.15) is 25.0 Å². The lowest BCUT2D eigenvalue weighted by Crippen LogP contribution is -2.20. The van der Waals surface area contributed by atoms with Crippen LogP contribution in [0.25, 0.3) is 0 Å². The van der Waals surface area contributed by atoms with Gasteiger partial charge in [-0.1, -0.05) is 24.3 Å². The van der Waals surface area contributed by atoms with Gasteiger partial charge in [0.1, 0.15) is 0 Å². The number of carbonyl (C=O) groups is 1. The summed E-state index contributed by atoms with van der Waals surface area (Å²) >= 11 is 0. The molecule has 4 heteroatoms. The molecule has 0 fully saturated rings. The van der Waals surface area contributed by atoms with Gasteiger partial charge in [-0.25, -0.2) is 10.2 Å². The van der Waals surface area contributed by atoms with E-state index in [0.717, 1.165) is 16.8 Å². The summed E-state index contributed by atoms with van der Waals surface area (Å²) in [5.41, 5.74) is 5.22. The Hall–Kier alpha value is -1.84. The molecular weight excluding hydrogens is 204 g/mol. The zero-order chi connectivity index (χ0) is 12.0. The molecule has 0 aliphatic rings. The van der Waals surface area contributed by atoms with Crippen LogP contribution in [0.15, 0.2) is 29.4 Å². The third-order valence-electron chi connectivity index (χ3n) is 2.13. The maximum Gasteiger partial charge on any atom is 0.427 e. The van der Waals surface area contributed by atoms with Gasteiger partial charge in [0.25, 0.3) is 0 Å². The Labute approximate surface area is 95.3 Å². The minimum Gasteiger partial charge on any atom is -0.449 e. The van der Waals surface area contributed by atoms with E-state index >= 15 is 0 Å². The Bertz CT molecular complexity index is 400. The van der Waals surface area contributed by atoms with Crippen LogP contribution in [0.4, 0.5) is 4.79 Å². The Morgan fingerprint density at radius 3 is 2.75 bits per heavy atom. The van der Waals surface area contributed by atoms with Gasteiger partial charge < -0.3 is 4.74 Å². The van der Waals surface area contributed by atoms with E-state index in [-0.39, 0.29) is 0 Å². The molecule has 0 unspecified atom stereocenters. The van der Waals surface area contributed by atoms with Crippen LogP contribution in [0, 0.1) is 6.92 Å². The minimum atomic E-state index is -0.532. The van der Waals surface area contributed by atoms with E-state index < -0.39 is 6.09 Å². The van der Waals surface area contributed by atoms with Gasteiger partial charge in [-0.05, 0) is 26.3 Å². The van der Waals surface area contributed by atoms with Crippen molar-refractivity contribution in [3.8, 4) is 0 Å². The number of hydrogen-bond acceptors (Lipinski definition) is 3. The van der Waals surface area contributed by atoms with E-state index in [2.05, 4.69) is 10.5 Å². The van der Waals surface area contributed by atoms with Crippen molar-refractivity contribution in [2.75, 3.05) is 6.61 Å². The monoisotopic (exact) mass is 220 g/mol. The predicted octanol–water partition coefficient (Wildman–Crippen LogP) is 2.47. The molecule has 4 nitrogen and oxygen atoms in total. The second-order valence-electron chi connectivity index (χ2n) is 3.34. The van der Waals surface area contributed by atoms with Gasteiger partial charge in [0.05, 0.1) is 12.3 Å². The first kappa shape index (κ1) is 12.2. The molecule has 1 amide bonds. The van der Waals surface area contributed by atoms with Crippen LogP contribution in [-0.2, 0) is 4.74 Å². The topological polar surface area (TPSA) is 50.7 Å². The zero-order valence-electron chi connectivity index (χ0n) is 9.78. The summed E-state index contributed by atoms with van der Waals surface area (Å²) in [4.78, 5) is 11.0. The van der Waals surface area contributed by atoms with Gasteiger partial charge in [-0.2, -0.15) is 5.10 Å². The zero-order valence-corrected chi connectivity index (χ0v) is 9.78. The standard InChI is InChI=1S/C12H16N2O2/c1-4-16-12(15)14-13-10(3)11-8-6-5-7-9(11)2/h5-8H,4H2,1-3H3,(H,14,15). The first-order chi connectivity index (χ1) is 7.65. The van der Waals surface area contributed by atoms with Gasteiger partial charge >= 0.3 is 6.09 Å². The number of ether oxygens (including phenoxy) is 1. The average Bonchev–Trinajstić information content (AvgIpc) is 2.27. The third kappa shape index (κ3) is 3.38. The van der Waals surface area contributed by atoms with Crippen molar-refractivity contribution in [1.82, 2.24) is 5.43 Å². The highest BCUT2D eigenvalue weighted by molar-refractivity contribution is 6.00.